The van der Waals surface area contributed by atoms with Crippen LogP contribution >= 0.6 is 0 Å². The van der Waals surface area contributed by atoms with Crippen molar-refractivity contribution >= 4 is 11.6 Å². The van der Waals surface area contributed by atoms with Crippen molar-refractivity contribution in [2.24, 2.45) is 0 Å². The van der Waals surface area contributed by atoms with Crippen molar-refractivity contribution in [2.75, 3.05) is 4.90 Å². The van der Waals surface area contributed by atoms with E-state index in [1.807, 2.05) is 17.0 Å². The fraction of sp³-hybridized carbons (Fsp3) is 0.318. The number of para-hydroxylation sites is 1. The number of aryl methyl sites for hydroxylation is 1. The molecule has 1 atom stereocenters. The molecule has 1 heterocycles. The molecule has 24 heavy (non-hydrogen) atoms. The highest BCUT2D eigenvalue weighted by Gasteiger charge is 2.47. The highest BCUT2D eigenvalue weighted by molar-refractivity contribution is 6.03. The predicted octanol–water partition coefficient (Wildman–Crippen LogP) is 5.00. The molecule has 2 heteroatoms. The van der Waals surface area contributed by atoms with Crippen LogP contribution in [0.3, 0.4) is 0 Å². The van der Waals surface area contributed by atoms with Gasteiger partial charge in [0.2, 0.25) is 0 Å². The highest BCUT2D eigenvalue weighted by Crippen LogP contribution is 2.50. The van der Waals surface area contributed by atoms with Crippen LogP contribution in [0.25, 0.3) is 0 Å². The van der Waals surface area contributed by atoms with Crippen molar-refractivity contribution in [1.82, 2.24) is 0 Å². The Bertz CT molecular complexity index is 788. The zero-order valence-electron chi connectivity index (χ0n) is 15.0. The summed E-state index contributed by atoms with van der Waals surface area (Å²) in [7, 11) is 0. The Morgan fingerprint density at radius 3 is 2.33 bits per heavy atom. The number of benzene rings is 2. The quantitative estimate of drug-likeness (QED) is 0.713. The molecule has 3 rings (SSSR count). The van der Waals surface area contributed by atoms with E-state index in [0.29, 0.717) is 0 Å². The number of carbonyl (C=O) groups excluding carboxylic acids is 1. The Balaban J connectivity index is 2.24. The number of amides is 1. The molecule has 0 radical (unpaired) electrons. The normalized spacial score (nSPS) is 21.9. The van der Waals surface area contributed by atoms with Crippen molar-refractivity contribution < 1.29 is 4.79 Å². The second-order valence-corrected chi connectivity index (χ2v) is 7.58. The van der Waals surface area contributed by atoms with Crippen molar-refractivity contribution in [3.63, 3.8) is 0 Å². The summed E-state index contributed by atoms with van der Waals surface area (Å²) >= 11 is 0. The number of nitrogens with zero attached hydrogens (tertiary/aromatic N) is 1. The molecule has 0 aromatic heterocycles. The minimum atomic E-state index is -0.292. The Labute approximate surface area is 144 Å². The van der Waals surface area contributed by atoms with E-state index < -0.39 is 0 Å². The van der Waals surface area contributed by atoms with Crippen molar-refractivity contribution in [1.29, 1.82) is 0 Å². The van der Waals surface area contributed by atoms with Gasteiger partial charge in [0.05, 0.1) is 0 Å². The van der Waals surface area contributed by atoms with Crippen LogP contribution in [0.15, 0.2) is 61.2 Å². The van der Waals surface area contributed by atoms with Crippen LogP contribution in [0.2, 0.25) is 0 Å². The van der Waals surface area contributed by atoms with Crippen molar-refractivity contribution in [3.05, 3.63) is 77.9 Å². The van der Waals surface area contributed by atoms with E-state index in [4.69, 9.17) is 0 Å². The van der Waals surface area contributed by atoms with Gasteiger partial charge < -0.3 is 4.90 Å². The lowest BCUT2D eigenvalue weighted by atomic mass is 9.65. The summed E-state index contributed by atoms with van der Waals surface area (Å²) in [5, 5.41) is 0. The van der Waals surface area contributed by atoms with Gasteiger partial charge in [-0.2, -0.15) is 0 Å². The molecule has 0 N–H and O–H groups in total. The second kappa shape index (κ2) is 5.62. The van der Waals surface area contributed by atoms with E-state index in [-0.39, 0.29) is 16.9 Å². The molecular formula is C22H25NO. The molecule has 0 fully saturated rings. The summed E-state index contributed by atoms with van der Waals surface area (Å²) < 4.78 is 0. The van der Waals surface area contributed by atoms with E-state index >= 15 is 0 Å². The smallest absolute Gasteiger partial charge is 0.250 e. The lowest BCUT2D eigenvalue weighted by Gasteiger charge is -2.51. The highest BCUT2D eigenvalue weighted by atomic mass is 16.2. The molecule has 0 spiro atoms. The van der Waals surface area contributed by atoms with Gasteiger partial charge in [-0.1, -0.05) is 61.5 Å². The van der Waals surface area contributed by atoms with Crippen LogP contribution in [-0.4, -0.2) is 11.4 Å². The molecule has 1 aliphatic heterocycles. The maximum Gasteiger partial charge on any atom is 0.250 e. The van der Waals surface area contributed by atoms with Crippen LogP contribution < -0.4 is 4.90 Å². The topological polar surface area (TPSA) is 20.3 Å². The summed E-state index contributed by atoms with van der Waals surface area (Å²) in [6, 6.07) is 17.0. The van der Waals surface area contributed by atoms with Gasteiger partial charge in [-0.15, -0.1) is 0 Å². The first-order valence-corrected chi connectivity index (χ1v) is 8.43. The molecule has 1 aliphatic rings. The molecule has 2 nitrogen and oxygen atoms in total. The van der Waals surface area contributed by atoms with Crippen LogP contribution in [0, 0.1) is 6.92 Å². The monoisotopic (exact) mass is 319 g/mol. The first-order chi connectivity index (χ1) is 11.3. The molecule has 124 valence electrons. The van der Waals surface area contributed by atoms with E-state index in [2.05, 4.69) is 70.7 Å². The van der Waals surface area contributed by atoms with Gasteiger partial charge in [0.15, 0.2) is 0 Å². The zero-order chi connectivity index (χ0) is 17.5. The average molecular weight is 319 g/mol. The molecule has 0 saturated carbocycles. The molecule has 2 aromatic carbocycles. The minimum Gasteiger partial charge on any atom is -0.303 e. The Hall–Kier alpha value is -2.35. The number of carbonyl (C=O) groups is 1. The van der Waals surface area contributed by atoms with Gasteiger partial charge in [0.25, 0.3) is 5.91 Å². The van der Waals surface area contributed by atoms with Gasteiger partial charge in [-0.3, -0.25) is 4.79 Å². The van der Waals surface area contributed by atoms with Crippen molar-refractivity contribution in [3.8, 4) is 0 Å². The lowest BCUT2D eigenvalue weighted by molar-refractivity contribution is -0.115. The fourth-order valence-corrected chi connectivity index (χ4v) is 4.19. The number of rotatable bonds is 2. The van der Waals surface area contributed by atoms with Crippen LogP contribution in [0.5, 0.6) is 0 Å². The van der Waals surface area contributed by atoms with E-state index in [1.54, 1.807) is 0 Å². The Morgan fingerprint density at radius 2 is 1.71 bits per heavy atom. The maximum absolute atomic E-state index is 12.5. The summed E-state index contributed by atoms with van der Waals surface area (Å²) in [6.07, 6.45) is 2.27. The first kappa shape index (κ1) is 16.5. The summed E-state index contributed by atoms with van der Waals surface area (Å²) in [4.78, 5) is 14.4. The molecule has 0 unspecified atom stereocenters. The molecule has 2 aromatic rings. The fourth-order valence-electron chi connectivity index (χ4n) is 4.19. The van der Waals surface area contributed by atoms with Gasteiger partial charge in [-0.25, -0.2) is 0 Å². The van der Waals surface area contributed by atoms with E-state index in [9.17, 15) is 4.79 Å². The second-order valence-electron chi connectivity index (χ2n) is 7.58. The molecule has 0 bridgehead atoms. The summed E-state index contributed by atoms with van der Waals surface area (Å²) in [6.45, 7) is 12.4. The number of fused-ring (bicyclic) bond motifs is 1. The maximum atomic E-state index is 12.5. The Kier molecular flexibility index (Phi) is 3.87. The van der Waals surface area contributed by atoms with E-state index in [0.717, 1.165) is 12.1 Å². The molecule has 1 amide bonds. The SMILES string of the molecule is C=CC(=O)N1c2ccccc2[C@@](C)(c2ccc(C)cc2)CC1(C)C. The van der Waals surface area contributed by atoms with Gasteiger partial charge in [0, 0.05) is 16.6 Å². The largest absolute Gasteiger partial charge is 0.303 e. The zero-order valence-corrected chi connectivity index (χ0v) is 15.0. The molecular weight excluding hydrogens is 294 g/mol. The van der Waals surface area contributed by atoms with Crippen LogP contribution in [0.1, 0.15) is 43.9 Å². The van der Waals surface area contributed by atoms with Gasteiger partial charge in [-0.05, 0) is 50.5 Å². The lowest BCUT2D eigenvalue weighted by Crippen LogP contribution is -2.55. The predicted molar refractivity (Wildman–Crippen MR) is 100 cm³/mol. The van der Waals surface area contributed by atoms with Gasteiger partial charge >= 0.3 is 0 Å². The summed E-state index contributed by atoms with van der Waals surface area (Å²) in [5.74, 6) is -0.0431. The Morgan fingerprint density at radius 1 is 1.08 bits per heavy atom. The van der Waals surface area contributed by atoms with Gasteiger partial charge in [0.1, 0.15) is 0 Å². The molecule has 0 saturated heterocycles. The minimum absolute atomic E-state index is 0.0431. The number of hydrogen-bond donors (Lipinski definition) is 0. The third kappa shape index (κ3) is 2.47. The van der Waals surface area contributed by atoms with E-state index in [1.165, 1.54) is 22.8 Å². The third-order valence-electron chi connectivity index (χ3n) is 5.21. The standard InChI is InChI=1S/C22H25NO/c1-6-20(24)23-19-10-8-7-9-18(19)22(5,15-21(23,3)4)17-13-11-16(2)12-14-17/h6-14H,1,15H2,2-5H3/t22-/m1/s1. The third-order valence-corrected chi connectivity index (χ3v) is 5.21. The molecule has 0 aliphatic carbocycles. The average Bonchev–Trinajstić information content (AvgIpc) is 2.54. The number of hydrogen-bond acceptors (Lipinski definition) is 1. The van der Waals surface area contributed by atoms with Crippen molar-refractivity contribution in [2.45, 2.75) is 45.1 Å². The van der Waals surface area contributed by atoms with Crippen LogP contribution in [-0.2, 0) is 10.2 Å². The van der Waals surface area contributed by atoms with Crippen LogP contribution in [0.4, 0.5) is 5.69 Å². The first-order valence-electron chi connectivity index (χ1n) is 8.43. The number of anilines is 1. The summed E-state index contributed by atoms with van der Waals surface area (Å²) in [5.41, 5.74) is 4.31.